The van der Waals surface area contributed by atoms with Crippen LogP contribution in [-0.2, 0) is 14.3 Å². The molecule has 0 aliphatic heterocycles. The molecule has 2 aliphatic rings. The predicted octanol–water partition coefficient (Wildman–Crippen LogP) is 3.43. The number of ether oxygens (including phenoxy) is 1. The summed E-state index contributed by atoms with van der Waals surface area (Å²) in [7, 11) is 0. The Balaban J connectivity index is 1.35. The molecule has 35 heavy (non-hydrogen) atoms. The summed E-state index contributed by atoms with van der Waals surface area (Å²) in [5.41, 5.74) is 4.59. The number of amides is 2. The zero-order chi connectivity index (χ0) is 24.8. The molecule has 4 rings (SSSR count). The number of carboxylic acids is 1. The number of hydrogen-bond donors (Lipinski definition) is 4. The Morgan fingerprint density at radius 1 is 0.943 bits per heavy atom. The Kier molecular flexibility index (Phi) is 8.02. The lowest BCUT2D eigenvalue weighted by Crippen LogP contribution is -2.47. The van der Waals surface area contributed by atoms with Gasteiger partial charge in [-0.2, -0.15) is 0 Å². The van der Waals surface area contributed by atoms with Crippen LogP contribution in [0.1, 0.15) is 55.6 Å². The summed E-state index contributed by atoms with van der Waals surface area (Å²) >= 11 is 0. The van der Waals surface area contributed by atoms with Crippen LogP contribution >= 0.6 is 0 Å². The van der Waals surface area contributed by atoms with Gasteiger partial charge in [0.15, 0.2) is 6.10 Å². The minimum Gasteiger partial charge on any atom is -0.479 e. The van der Waals surface area contributed by atoms with Gasteiger partial charge in [-0.1, -0.05) is 67.8 Å². The Morgan fingerprint density at radius 3 is 2.23 bits per heavy atom. The molecule has 0 spiro atoms. The molecule has 0 heterocycles. The number of rotatable bonds is 8. The molecule has 2 amide bonds. The Labute approximate surface area is 204 Å². The summed E-state index contributed by atoms with van der Waals surface area (Å²) in [5.74, 6) is -2.03. The lowest BCUT2D eigenvalue weighted by molar-refractivity contribution is -0.147. The molecule has 186 valence electrons. The van der Waals surface area contributed by atoms with E-state index in [0.29, 0.717) is 12.8 Å². The highest BCUT2D eigenvalue weighted by atomic mass is 16.5. The van der Waals surface area contributed by atoms with Gasteiger partial charge in [-0.25, -0.2) is 9.59 Å². The van der Waals surface area contributed by atoms with E-state index in [2.05, 4.69) is 34.9 Å². The fourth-order valence-corrected chi connectivity index (χ4v) is 5.17. The quantitative estimate of drug-likeness (QED) is 0.429. The molecule has 0 saturated heterocycles. The third kappa shape index (κ3) is 5.82. The maximum Gasteiger partial charge on any atom is 0.407 e. The number of hydrogen-bond acceptors (Lipinski definition) is 5. The summed E-state index contributed by atoms with van der Waals surface area (Å²) in [6.45, 7) is 0.261. The normalized spacial score (nSPS) is 20.1. The van der Waals surface area contributed by atoms with Crippen molar-refractivity contribution in [2.24, 2.45) is 5.92 Å². The molecule has 8 nitrogen and oxygen atoms in total. The molecule has 0 aromatic heterocycles. The maximum atomic E-state index is 12.8. The smallest absolute Gasteiger partial charge is 0.407 e. The number of aliphatic carboxylic acids is 1. The molecule has 0 radical (unpaired) electrons. The van der Waals surface area contributed by atoms with E-state index in [9.17, 15) is 19.5 Å². The number of carbonyl (C=O) groups is 3. The molecule has 1 fully saturated rings. The topological polar surface area (TPSA) is 125 Å². The standard InChI is InChI=1S/C27H32N2O6/c30-24(26(32)33)14-15-28-25(31)21-12-2-1-3-13-23(21)29-27(34)35-16-22-19-10-6-4-8-17(19)18-9-5-7-11-20(18)22/h4-11,21-24,30H,1-3,12-16H2,(H,28,31)(H,29,34)(H,32,33)/t21?,23?,24-/m0/s1. The predicted molar refractivity (Wildman–Crippen MR) is 130 cm³/mol. The average Bonchev–Trinajstić information content (AvgIpc) is 2.99. The Hall–Kier alpha value is -3.39. The molecule has 4 N–H and O–H groups in total. The third-order valence-electron chi connectivity index (χ3n) is 7.00. The van der Waals surface area contributed by atoms with Crippen molar-refractivity contribution in [3.8, 4) is 11.1 Å². The van der Waals surface area contributed by atoms with Crippen LogP contribution in [-0.4, -0.2) is 53.5 Å². The molecule has 2 aromatic carbocycles. The first-order chi connectivity index (χ1) is 17.0. The molecule has 2 aromatic rings. The fourth-order valence-electron chi connectivity index (χ4n) is 5.17. The van der Waals surface area contributed by atoms with Gasteiger partial charge in [0, 0.05) is 24.9 Å². The van der Waals surface area contributed by atoms with E-state index in [1.807, 2.05) is 24.3 Å². The highest BCUT2D eigenvalue weighted by Crippen LogP contribution is 2.44. The van der Waals surface area contributed by atoms with E-state index in [0.717, 1.165) is 41.5 Å². The van der Waals surface area contributed by atoms with Gasteiger partial charge in [0.1, 0.15) is 6.61 Å². The first kappa shape index (κ1) is 24.7. The van der Waals surface area contributed by atoms with E-state index >= 15 is 0 Å². The minimum absolute atomic E-state index is 0.0398. The lowest BCUT2D eigenvalue weighted by atomic mass is 9.93. The second kappa shape index (κ2) is 11.4. The third-order valence-corrected chi connectivity index (χ3v) is 7.00. The number of nitrogens with one attached hydrogen (secondary N) is 2. The highest BCUT2D eigenvalue weighted by Gasteiger charge is 2.33. The van der Waals surface area contributed by atoms with Gasteiger partial charge in [-0.3, -0.25) is 4.79 Å². The lowest BCUT2D eigenvalue weighted by Gasteiger charge is -2.25. The van der Waals surface area contributed by atoms with Gasteiger partial charge in [0.25, 0.3) is 0 Å². The zero-order valence-electron chi connectivity index (χ0n) is 19.6. The molecule has 3 atom stereocenters. The molecular formula is C27H32N2O6. The van der Waals surface area contributed by atoms with Crippen molar-refractivity contribution >= 4 is 18.0 Å². The van der Waals surface area contributed by atoms with Crippen LogP contribution in [0.15, 0.2) is 48.5 Å². The number of benzene rings is 2. The van der Waals surface area contributed by atoms with Crippen molar-refractivity contribution in [1.82, 2.24) is 10.6 Å². The summed E-state index contributed by atoms with van der Waals surface area (Å²) in [5, 5.41) is 23.8. The van der Waals surface area contributed by atoms with E-state index in [1.165, 1.54) is 0 Å². The Bertz CT molecular complexity index is 1030. The second-order valence-electron chi connectivity index (χ2n) is 9.25. The molecule has 2 aliphatic carbocycles. The summed E-state index contributed by atoms with van der Waals surface area (Å²) in [6.07, 6.45) is 1.91. The monoisotopic (exact) mass is 480 g/mol. The average molecular weight is 481 g/mol. The van der Waals surface area contributed by atoms with Gasteiger partial charge in [-0.05, 0) is 35.1 Å². The van der Waals surface area contributed by atoms with Crippen LogP contribution < -0.4 is 10.6 Å². The summed E-state index contributed by atoms with van der Waals surface area (Å²) in [6, 6.07) is 15.9. The highest BCUT2D eigenvalue weighted by molar-refractivity contribution is 5.81. The van der Waals surface area contributed by atoms with Crippen LogP contribution in [0.25, 0.3) is 11.1 Å². The van der Waals surface area contributed by atoms with Gasteiger partial charge in [-0.15, -0.1) is 0 Å². The van der Waals surface area contributed by atoms with Crippen molar-refractivity contribution in [1.29, 1.82) is 0 Å². The first-order valence-corrected chi connectivity index (χ1v) is 12.3. The van der Waals surface area contributed by atoms with Crippen molar-refractivity contribution < 1.29 is 29.3 Å². The van der Waals surface area contributed by atoms with E-state index in [1.54, 1.807) is 0 Å². The summed E-state index contributed by atoms with van der Waals surface area (Å²) in [4.78, 5) is 36.4. The molecule has 1 saturated carbocycles. The van der Waals surface area contributed by atoms with Crippen molar-refractivity contribution in [2.75, 3.05) is 13.2 Å². The van der Waals surface area contributed by atoms with Gasteiger partial charge in [0.2, 0.25) is 5.91 Å². The minimum atomic E-state index is -1.51. The maximum absolute atomic E-state index is 12.8. The number of alkyl carbamates (subject to hydrolysis) is 1. The molecule has 2 unspecified atom stereocenters. The van der Waals surface area contributed by atoms with E-state index in [4.69, 9.17) is 9.84 Å². The van der Waals surface area contributed by atoms with Crippen LogP contribution in [0.5, 0.6) is 0 Å². The Morgan fingerprint density at radius 2 is 1.57 bits per heavy atom. The van der Waals surface area contributed by atoms with Crippen LogP contribution in [0.3, 0.4) is 0 Å². The van der Waals surface area contributed by atoms with Crippen molar-refractivity contribution in [3.63, 3.8) is 0 Å². The van der Waals surface area contributed by atoms with Gasteiger partial charge < -0.3 is 25.6 Å². The van der Waals surface area contributed by atoms with Crippen molar-refractivity contribution in [3.05, 3.63) is 59.7 Å². The van der Waals surface area contributed by atoms with E-state index < -0.39 is 24.1 Å². The zero-order valence-corrected chi connectivity index (χ0v) is 19.6. The number of aliphatic hydroxyl groups excluding tert-OH is 1. The van der Waals surface area contributed by atoms with Crippen LogP contribution in [0.2, 0.25) is 0 Å². The van der Waals surface area contributed by atoms with Gasteiger partial charge >= 0.3 is 12.1 Å². The fraction of sp³-hybridized carbons (Fsp3) is 0.444. The number of carboxylic acid groups (broad SMARTS) is 1. The summed E-state index contributed by atoms with van der Waals surface area (Å²) < 4.78 is 5.67. The molecule has 0 bridgehead atoms. The number of aliphatic hydroxyl groups is 1. The van der Waals surface area contributed by atoms with Crippen molar-refractivity contribution in [2.45, 2.75) is 56.6 Å². The van der Waals surface area contributed by atoms with Gasteiger partial charge in [0.05, 0.1) is 5.92 Å². The van der Waals surface area contributed by atoms with Crippen LogP contribution in [0.4, 0.5) is 4.79 Å². The number of carbonyl (C=O) groups excluding carboxylic acids is 2. The van der Waals surface area contributed by atoms with Crippen LogP contribution in [0, 0.1) is 5.92 Å². The SMILES string of the molecule is O=C(NC1CCCCCC1C(=O)NCC[C@H](O)C(=O)O)OCC1c2ccccc2-c2ccccc21. The largest absolute Gasteiger partial charge is 0.479 e. The molecule has 8 heteroatoms. The van der Waals surface area contributed by atoms with E-state index in [-0.39, 0.29) is 37.4 Å². The number of fused-ring (bicyclic) bond motifs is 3. The molecular weight excluding hydrogens is 448 g/mol. The second-order valence-corrected chi connectivity index (χ2v) is 9.25. The first-order valence-electron chi connectivity index (χ1n) is 12.3.